The van der Waals surface area contributed by atoms with E-state index < -0.39 is 0 Å². The molecule has 1 aromatic carbocycles. The molecule has 15 heavy (non-hydrogen) atoms. The first-order chi connectivity index (χ1) is 7.31. The lowest BCUT2D eigenvalue weighted by Crippen LogP contribution is -1.96. The maximum Gasteiger partial charge on any atom is 0.163 e. The Bertz CT molecular complexity index is 448. The molecule has 80 valence electrons. The monoisotopic (exact) mass is 205 g/mol. The third-order valence-electron chi connectivity index (χ3n) is 2.39. The van der Waals surface area contributed by atoms with Crippen molar-refractivity contribution in [1.29, 1.82) is 0 Å². The van der Waals surface area contributed by atoms with Crippen LogP contribution in [0.3, 0.4) is 0 Å². The lowest BCUT2D eigenvalue weighted by atomic mass is 10.2. The summed E-state index contributed by atoms with van der Waals surface area (Å²) >= 11 is 0. The first-order valence-electron chi connectivity index (χ1n) is 5.24. The standard InChI is InChI=1S/C12H15NO2/c1-2-3-6-15-12-8-10-9(4-5-13-10)7-11(12)14/h4-5,7-8,13-14H,2-3,6H2,1H3. The highest BCUT2D eigenvalue weighted by atomic mass is 16.5. The van der Waals surface area contributed by atoms with E-state index in [9.17, 15) is 5.11 Å². The molecular formula is C12H15NO2. The van der Waals surface area contributed by atoms with E-state index in [4.69, 9.17) is 4.74 Å². The molecule has 0 saturated carbocycles. The van der Waals surface area contributed by atoms with Crippen molar-refractivity contribution in [1.82, 2.24) is 4.98 Å². The van der Waals surface area contributed by atoms with Gasteiger partial charge in [-0.15, -0.1) is 0 Å². The second kappa shape index (κ2) is 4.26. The van der Waals surface area contributed by atoms with Crippen LogP contribution in [0.25, 0.3) is 10.9 Å². The van der Waals surface area contributed by atoms with Crippen molar-refractivity contribution in [2.75, 3.05) is 6.61 Å². The molecule has 0 aliphatic rings. The minimum Gasteiger partial charge on any atom is -0.504 e. The van der Waals surface area contributed by atoms with Crippen molar-refractivity contribution in [2.24, 2.45) is 0 Å². The third-order valence-corrected chi connectivity index (χ3v) is 2.39. The SMILES string of the molecule is CCCCOc1cc2[nH]ccc2cc1O. The Hall–Kier alpha value is -1.64. The Kier molecular flexibility index (Phi) is 2.81. The second-order valence-electron chi connectivity index (χ2n) is 3.59. The quantitative estimate of drug-likeness (QED) is 0.753. The fourth-order valence-corrected chi connectivity index (χ4v) is 1.51. The zero-order valence-electron chi connectivity index (χ0n) is 8.79. The van der Waals surface area contributed by atoms with Crippen molar-refractivity contribution >= 4 is 10.9 Å². The molecule has 0 aliphatic heterocycles. The number of hydrogen-bond acceptors (Lipinski definition) is 2. The summed E-state index contributed by atoms with van der Waals surface area (Å²) in [6.07, 6.45) is 3.94. The van der Waals surface area contributed by atoms with Gasteiger partial charge < -0.3 is 14.8 Å². The van der Waals surface area contributed by atoms with Crippen LogP contribution in [-0.4, -0.2) is 16.7 Å². The van der Waals surface area contributed by atoms with Crippen LogP contribution >= 0.6 is 0 Å². The third kappa shape index (κ3) is 2.06. The van der Waals surface area contributed by atoms with E-state index in [0.717, 1.165) is 23.7 Å². The largest absolute Gasteiger partial charge is 0.504 e. The van der Waals surface area contributed by atoms with Crippen LogP contribution in [0.5, 0.6) is 11.5 Å². The van der Waals surface area contributed by atoms with Crippen molar-refractivity contribution in [3.05, 3.63) is 24.4 Å². The molecular weight excluding hydrogens is 190 g/mol. The number of ether oxygens (including phenoxy) is 1. The predicted molar refractivity (Wildman–Crippen MR) is 60.4 cm³/mol. The van der Waals surface area contributed by atoms with E-state index in [1.165, 1.54) is 0 Å². The number of nitrogens with one attached hydrogen (secondary N) is 1. The van der Waals surface area contributed by atoms with Crippen LogP contribution < -0.4 is 4.74 Å². The number of H-pyrrole nitrogens is 1. The molecule has 0 amide bonds. The molecule has 0 unspecified atom stereocenters. The minimum absolute atomic E-state index is 0.207. The number of unbranched alkanes of at least 4 members (excludes halogenated alkanes) is 1. The number of aromatic hydroxyl groups is 1. The van der Waals surface area contributed by atoms with Gasteiger partial charge >= 0.3 is 0 Å². The molecule has 0 atom stereocenters. The van der Waals surface area contributed by atoms with Crippen molar-refractivity contribution in [2.45, 2.75) is 19.8 Å². The van der Waals surface area contributed by atoms with E-state index in [-0.39, 0.29) is 5.75 Å². The van der Waals surface area contributed by atoms with E-state index in [2.05, 4.69) is 11.9 Å². The first kappa shape index (κ1) is 9.90. The first-order valence-corrected chi connectivity index (χ1v) is 5.24. The summed E-state index contributed by atoms with van der Waals surface area (Å²) in [4.78, 5) is 3.09. The topological polar surface area (TPSA) is 45.2 Å². The van der Waals surface area contributed by atoms with E-state index in [1.54, 1.807) is 6.07 Å². The Balaban J connectivity index is 2.22. The average Bonchev–Trinajstić information content (AvgIpc) is 2.65. The molecule has 2 rings (SSSR count). The maximum atomic E-state index is 9.69. The van der Waals surface area contributed by atoms with E-state index >= 15 is 0 Å². The molecule has 3 heteroatoms. The molecule has 1 aromatic heterocycles. The Morgan fingerprint density at radius 3 is 3.07 bits per heavy atom. The molecule has 0 bridgehead atoms. The lowest BCUT2D eigenvalue weighted by Gasteiger charge is -2.07. The molecule has 1 heterocycles. The number of aromatic amines is 1. The number of benzene rings is 1. The Morgan fingerprint density at radius 2 is 2.27 bits per heavy atom. The average molecular weight is 205 g/mol. The van der Waals surface area contributed by atoms with Gasteiger partial charge in [0.25, 0.3) is 0 Å². The van der Waals surface area contributed by atoms with Crippen LogP contribution in [0, 0.1) is 0 Å². The smallest absolute Gasteiger partial charge is 0.163 e. The molecule has 0 fully saturated rings. The van der Waals surface area contributed by atoms with Gasteiger partial charge in [0.05, 0.1) is 6.61 Å². The minimum atomic E-state index is 0.207. The molecule has 3 nitrogen and oxygen atoms in total. The molecule has 0 spiro atoms. The highest BCUT2D eigenvalue weighted by Gasteiger charge is 2.05. The Morgan fingerprint density at radius 1 is 1.40 bits per heavy atom. The van der Waals surface area contributed by atoms with E-state index in [0.29, 0.717) is 12.4 Å². The van der Waals surface area contributed by atoms with Crippen LogP contribution in [-0.2, 0) is 0 Å². The fraction of sp³-hybridized carbons (Fsp3) is 0.333. The maximum absolute atomic E-state index is 9.69. The van der Waals surface area contributed by atoms with Crippen LogP contribution in [0.1, 0.15) is 19.8 Å². The summed E-state index contributed by atoms with van der Waals surface area (Å²) < 4.78 is 5.48. The molecule has 2 aromatic rings. The number of aromatic nitrogens is 1. The summed E-state index contributed by atoms with van der Waals surface area (Å²) in [5.41, 5.74) is 0.985. The Labute approximate surface area is 88.7 Å². The number of fused-ring (bicyclic) bond motifs is 1. The highest BCUT2D eigenvalue weighted by molar-refractivity contribution is 5.83. The van der Waals surface area contributed by atoms with Crippen molar-refractivity contribution in [3.8, 4) is 11.5 Å². The second-order valence-corrected chi connectivity index (χ2v) is 3.59. The molecule has 0 saturated heterocycles. The van der Waals surface area contributed by atoms with Gasteiger partial charge in [0.15, 0.2) is 11.5 Å². The highest BCUT2D eigenvalue weighted by Crippen LogP contribution is 2.30. The normalized spacial score (nSPS) is 10.7. The van der Waals surface area contributed by atoms with Gasteiger partial charge in [0.1, 0.15) is 0 Å². The molecule has 0 radical (unpaired) electrons. The molecule has 0 aliphatic carbocycles. The van der Waals surface area contributed by atoms with Crippen LogP contribution in [0.4, 0.5) is 0 Å². The van der Waals surface area contributed by atoms with Gasteiger partial charge in [0, 0.05) is 23.2 Å². The number of hydrogen-bond donors (Lipinski definition) is 2. The fourth-order valence-electron chi connectivity index (χ4n) is 1.51. The summed E-state index contributed by atoms with van der Waals surface area (Å²) in [6.45, 7) is 2.76. The summed E-state index contributed by atoms with van der Waals surface area (Å²) in [5, 5.41) is 10.7. The zero-order chi connectivity index (χ0) is 10.7. The van der Waals surface area contributed by atoms with Gasteiger partial charge in [-0.2, -0.15) is 0 Å². The van der Waals surface area contributed by atoms with Gasteiger partial charge in [-0.25, -0.2) is 0 Å². The summed E-state index contributed by atoms with van der Waals surface area (Å²) in [6, 6.07) is 5.47. The van der Waals surface area contributed by atoms with Crippen LogP contribution in [0.15, 0.2) is 24.4 Å². The van der Waals surface area contributed by atoms with Crippen molar-refractivity contribution < 1.29 is 9.84 Å². The molecule has 2 N–H and O–H groups in total. The van der Waals surface area contributed by atoms with Gasteiger partial charge in [-0.3, -0.25) is 0 Å². The zero-order valence-corrected chi connectivity index (χ0v) is 8.79. The summed E-state index contributed by atoms with van der Waals surface area (Å²) in [7, 11) is 0. The van der Waals surface area contributed by atoms with Crippen LogP contribution in [0.2, 0.25) is 0 Å². The lowest BCUT2D eigenvalue weighted by molar-refractivity contribution is 0.293. The number of phenolic OH excluding ortho intramolecular Hbond substituents is 1. The van der Waals surface area contributed by atoms with Crippen molar-refractivity contribution in [3.63, 3.8) is 0 Å². The van der Waals surface area contributed by atoms with Gasteiger partial charge in [-0.1, -0.05) is 13.3 Å². The predicted octanol–water partition coefficient (Wildman–Crippen LogP) is 3.05. The number of rotatable bonds is 4. The van der Waals surface area contributed by atoms with Gasteiger partial charge in [-0.05, 0) is 18.6 Å². The van der Waals surface area contributed by atoms with E-state index in [1.807, 2.05) is 18.3 Å². The summed E-state index contributed by atoms with van der Waals surface area (Å²) in [5.74, 6) is 0.761. The van der Waals surface area contributed by atoms with Gasteiger partial charge in [0.2, 0.25) is 0 Å². The number of phenols is 1.